The number of rotatable bonds is 4. The first-order valence-corrected chi connectivity index (χ1v) is 11.7. The number of nitro groups is 1. The van der Waals surface area contributed by atoms with E-state index in [4.69, 9.17) is 4.74 Å². The third kappa shape index (κ3) is 4.81. The molecule has 0 bridgehead atoms. The van der Waals surface area contributed by atoms with Crippen LogP contribution >= 0.6 is 0 Å². The van der Waals surface area contributed by atoms with Gasteiger partial charge in [-0.15, -0.1) is 0 Å². The van der Waals surface area contributed by atoms with Crippen LogP contribution in [0.2, 0.25) is 0 Å². The molecule has 38 heavy (non-hydrogen) atoms. The number of nitro benzene ring substituents is 1. The number of aromatic hydroxyl groups is 1. The zero-order valence-corrected chi connectivity index (χ0v) is 21.1. The molecule has 192 valence electrons. The van der Waals surface area contributed by atoms with E-state index in [1.807, 2.05) is 0 Å². The van der Waals surface area contributed by atoms with Crippen molar-refractivity contribution in [3.8, 4) is 17.1 Å². The lowest BCUT2D eigenvalue weighted by molar-refractivity contribution is -0.384. The highest BCUT2D eigenvalue weighted by molar-refractivity contribution is 5.95. The van der Waals surface area contributed by atoms with Crippen LogP contribution in [-0.4, -0.2) is 41.5 Å². The molecule has 2 heterocycles. The van der Waals surface area contributed by atoms with E-state index in [0.717, 1.165) is 0 Å². The van der Waals surface area contributed by atoms with E-state index in [1.165, 1.54) is 16.8 Å². The van der Waals surface area contributed by atoms with Gasteiger partial charge < -0.3 is 15.2 Å². The summed E-state index contributed by atoms with van der Waals surface area (Å²) in [5.41, 5.74) is 2.14. The molecule has 0 saturated heterocycles. The van der Waals surface area contributed by atoms with Crippen LogP contribution in [0.5, 0.6) is 5.75 Å². The number of phenolic OH excluding ortho intramolecular Hbond substituents is 1. The maximum atomic E-state index is 12.5. The second kappa shape index (κ2) is 9.11. The minimum Gasteiger partial charge on any atom is -0.508 e. The monoisotopic (exact) mass is 512 g/mol. The van der Waals surface area contributed by atoms with Crippen LogP contribution in [0.1, 0.15) is 26.3 Å². The number of hydrogen-bond acceptors (Lipinski definition) is 9. The van der Waals surface area contributed by atoms with Gasteiger partial charge in [0.1, 0.15) is 17.2 Å². The molecule has 2 N–H and O–H groups in total. The van der Waals surface area contributed by atoms with E-state index < -0.39 is 16.6 Å². The van der Waals surface area contributed by atoms with Gasteiger partial charge in [0.05, 0.1) is 22.2 Å². The molecule has 5 aromatic rings. The van der Waals surface area contributed by atoms with Gasteiger partial charge in [-0.2, -0.15) is 9.78 Å². The molecule has 0 aliphatic carbocycles. The number of nitrogens with zero attached hydrogens (tertiary/aromatic N) is 5. The summed E-state index contributed by atoms with van der Waals surface area (Å²) < 4.78 is 6.63. The summed E-state index contributed by atoms with van der Waals surface area (Å²) in [5.74, 6) is 0.764. The van der Waals surface area contributed by atoms with Crippen LogP contribution < -0.4 is 5.32 Å². The van der Waals surface area contributed by atoms with Gasteiger partial charge in [0.25, 0.3) is 5.69 Å². The first-order valence-electron chi connectivity index (χ1n) is 11.7. The first-order chi connectivity index (χ1) is 18.0. The van der Waals surface area contributed by atoms with Gasteiger partial charge in [-0.05, 0) is 63.6 Å². The van der Waals surface area contributed by atoms with E-state index in [2.05, 4.69) is 20.4 Å². The van der Waals surface area contributed by atoms with Gasteiger partial charge in [-0.3, -0.25) is 10.1 Å². The summed E-state index contributed by atoms with van der Waals surface area (Å²) in [7, 11) is 0. The molecule has 5 rings (SSSR count). The van der Waals surface area contributed by atoms with Crippen LogP contribution in [0.15, 0.2) is 60.8 Å². The lowest BCUT2D eigenvalue weighted by Crippen LogP contribution is -2.27. The Balaban J connectivity index is 1.57. The fraction of sp³-hybridized carbons (Fsp3) is 0.185. The van der Waals surface area contributed by atoms with Gasteiger partial charge in [0.2, 0.25) is 0 Å². The smallest absolute Gasteiger partial charge is 0.435 e. The molecule has 0 unspecified atom stereocenters. The lowest BCUT2D eigenvalue weighted by Gasteiger charge is -2.19. The van der Waals surface area contributed by atoms with Crippen molar-refractivity contribution < 1.29 is 19.6 Å². The van der Waals surface area contributed by atoms with Crippen molar-refractivity contribution in [2.45, 2.75) is 33.3 Å². The minimum absolute atomic E-state index is 0.0740. The number of aryl methyl sites for hydroxylation is 1. The van der Waals surface area contributed by atoms with Crippen molar-refractivity contribution in [2.75, 3.05) is 5.32 Å². The molecule has 3 aromatic carbocycles. The van der Waals surface area contributed by atoms with Crippen molar-refractivity contribution in [1.82, 2.24) is 19.7 Å². The van der Waals surface area contributed by atoms with Gasteiger partial charge >= 0.3 is 6.09 Å². The Morgan fingerprint density at radius 3 is 2.63 bits per heavy atom. The predicted octanol–water partition coefficient (Wildman–Crippen LogP) is 6.10. The number of carbonyl (C=O) groups is 1. The second-order valence-electron chi connectivity index (χ2n) is 9.79. The van der Waals surface area contributed by atoms with E-state index in [0.29, 0.717) is 44.4 Å². The topological polar surface area (TPSA) is 145 Å². The number of hydrogen-bond donors (Lipinski definition) is 2. The Labute approximate surface area is 216 Å². The van der Waals surface area contributed by atoms with E-state index in [9.17, 15) is 20.0 Å². The van der Waals surface area contributed by atoms with Crippen molar-refractivity contribution in [3.05, 3.63) is 76.5 Å². The van der Waals surface area contributed by atoms with Crippen molar-refractivity contribution in [2.24, 2.45) is 0 Å². The molecule has 0 saturated carbocycles. The average molecular weight is 513 g/mol. The summed E-state index contributed by atoms with van der Waals surface area (Å²) in [5, 5.41) is 30.3. The highest BCUT2D eigenvalue weighted by Gasteiger charge is 2.20. The Bertz CT molecular complexity index is 1740. The molecule has 0 aliphatic rings. The molecule has 0 atom stereocenters. The zero-order valence-electron chi connectivity index (χ0n) is 21.1. The Morgan fingerprint density at radius 1 is 1.11 bits per heavy atom. The normalized spacial score (nSPS) is 11.6. The van der Waals surface area contributed by atoms with Crippen molar-refractivity contribution >= 4 is 45.1 Å². The number of anilines is 2. The summed E-state index contributed by atoms with van der Waals surface area (Å²) >= 11 is 0. The Hall–Kier alpha value is -5.06. The largest absolute Gasteiger partial charge is 0.508 e. The maximum absolute atomic E-state index is 12.5. The quantitative estimate of drug-likeness (QED) is 0.215. The predicted molar refractivity (Wildman–Crippen MR) is 143 cm³/mol. The van der Waals surface area contributed by atoms with Crippen molar-refractivity contribution in [1.29, 1.82) is 0 Å². The summed E-state index contributed by atoms with van der Waals surface area (Å²) in [6.07, 6.45) is 0.981. The summed E-state index contributed by atoms with van der Waals surface area (Å²) in [6, 6.07) is 14.7. The summed E-state index contributed by atoms with van der Waals surface area (Å²) in [4.78, 5) is 32.6. The standard InChI is InChI=1S/C27H24N6O5/c1-15-10-21-20(13-23(15)34)25(31-24(30-21)16-6-5-7-19(12-16)33(36)37)29-18-8-9-22-17(11-18)14-28-32(22)26(35)38-27(2,3)4/h5-14,34H,1-4H3,(H,29,30,31). The van der Waals surface area contributed by atoms with Gasteiger partial charge in [-0.1, -0.05) is 12.1 Å². The average Bonchev–Trinajstić information content (AvgIpc) is 3.27. The number of carbonyl (C=O) groups excluding carboxylic acids is 1. The van der Waals surface area contributed by atoms with E-state index >= 15 is 0 Å². The third-order valence-corrected chi connectivity index (χ3v) is 5.73. The number of aromatic nitrogens is 4. The van der Waals surface area contributed by atoms with E-state index in [1.54, 1.807) is 76.4 Å². The lowest BCUT2D eigenvalue weighted by atomic mass is 10.1. The molecular weight excluding hydrogens is 488 g/mol. The number of non-ortho nitro benzene ring substituents is 1. The molecule has 0 amide bonds. The van der Waals surface area contributed by atoms with Gasteiger partial charge in [0.15, 0.2) is 5.82 Å². The first kappa shape index (κ1) is 24.6. The van der Waals surface area contributed by atoms with Crippen LogP contribution in [0.4, 0.5) is 22.0 Å². The fourth-order valence-corrected chi connectivity index (χ4v) is 3.95. The molecular formula is C27H24N6O5. The Kier molecular flexibility index (Phi) is 5.90. The van der Waals surface area contributed by atoms with Crippen LogP contribution in [0, 0.1) is 17.0 Å². The fourth-order valence-electron chi connectivity index (χ4n) is 3.95. The highest BCUT2D eigenvalue weighted by atomic mass is 16.6. The number of phenols is 1. The number of nitrogens with one attached hydrogen (secondary N) is 1. The number of ether oxygens (including phenoxy) is 1. The van der Waals surface area contributed by atoms with Crippen LogP contribution in [-0.2, 0) is 4.74 Å². The molecule has 0 fully saturated rings. The second-order valence-corrected chi connectivity index (χ2v) is 9.79. The molecule has 0 aliphatic heterocycles. The van der Waals surface area contributed by atoms with Crippen LogP contribution in [0.25, 0.3) is 33.2 Å². The molecule has 11 heteroatoms. The maximum Gasteiger partial charge on any atom is 0.435 e. The molecule has 0 radical (unpaired) electrons. The van der Waals surface area contributed by atoms with Crippen LogP contribution in [0.3, 0.4) is 0 Å². The highest BCUT2D eigenvalue weighted by Crippen LogP contribution is 2.33. The Morgan fingerprint density at radius 2 is 1.89 bits per heavy atom. The van der Waals surface area contributed by atoms with Gasteiger partial charge in [0, 0.05) is 34.2 Å². The van der Waals surface area contributed by atoms with Crippen molar-refractivity contribution in [3.63, 3.8) is 0 Å². The SMILES string of the molecule is Cc1cc2nc(-c3cccc([N+](=O)[O-])c3)nc(Nc3ccc4c(cnn4C(=O)OC(C)(C)C)c3)c2cc1O. The molecule has 0 spiro atoms. The minimum atomic E-state index is -0.661. The number of fused-ring (bicyclic) bond motifs is 2. The van der Waals surface area contributed by atoms with E-state index in [-0.39, 0.29) is 17.3 Å². The number of benzene rings is 3. The molecule has 2 aromatic heterocycles. The zero-order chi connectivity index (χ0) is 27.2. The summed E-state index contributed by atoms with van der Waals surface area (Å²) in [6.45, 7) is 7.11. The third-order valence-electron chi connectivity index (χ3n) is 5.73. The van der Waals surface area contributed by atoms with Gasteiger partial charge in [-0.25, -0.2) is 14.8 Å². The molecule has 11 nitrogen and oxygen atoms in total.